The Bertz CT molecular complexity index is 814. The summed E-state index contributed by atoms with van der Waals surface area (Å²) < 4.78 is 1.11. The number of pyridine rings is 1. The lowest BCUT2D eigenvalue weighted by molar-refractivity contribution is 0.681. The van der Waals surface area contributed by atoms with Crippen LogP contribution in [-0.2, 0) is 13.0 Å². The van der Waals surface area contributed by atoms with Gasteiger partial charge >= 0.3 is 0 Å². The third-order valence-electron chi connectivity index (χ3n) is 4.22. The Balaban J connectivity index is 1.75. The van der Waals surface area contributed by atoms with Crippen molar-refractivity contribution in [2.45, 2.75) is 19.4 Å². The highest BCUT2D eigenvalue weighted by Gasteiger charge is 2.19. The van der Waals surface area contributed by atoms with Crippen LogP contribution >= 0.6 is 15.9 Å². The van der Waals surface area contributed by atoms with Crippen LogP contribution in [0, 0.1) is 0 Å². The normalized spacial score (nSPS) is 14.1. The molecule has 0 atom stereocenters. The zero-order valence-corrected chi connectivity index (χ0v) is 13.9. The summed E-state index contributed by atoms with van der Waals surface area (Å²) in [5.74, 6) is 1.16. The fraction of sp³-hybridized carbons (Fsp3) is 0.211. The molecule has 22 heavy (non-hydrogen) atoms. The van der Waals surface area contributed by atoms with Crippen LogP contribution in [0.5, 0.6) is 0 Å². The number of halogens is 1. The van der Waals surface area contributed by atoms with Gasteiger partial charge in [0.15, 0.2) is 0 Å². The third-order valence-corrected chi connectivity index (χ3v) is 4.72. The molecule has 0 amide bonds. The average Bonchev–Trinajstić information content (AvgIpc) is 2.54. The van der Waals surface area contributed by atoms with E-state index >= 15 is 0 Å². The van der Waals surface area contributed by atoms with E-state index in [2.05, 4.69) is 75.4 Å². The van der Waals surface area contributed by atoms with Crippen LogP contribution in [0.4, 0.5) is 5.82 Å². The number of nitrogens with zero attached hydrogens (tertiary/aromatic N) is 2. The Morgan fingerprint density at radius 2 is 1.91 bits per heavy atom. The van der Waals surface area contributed by atoms with E-state index in [9.17, 15) is 0 Å². The van der Waals surface area contributed by atoms with Gasteiger partial charge in [-0.2, -0.15) is 0 Å². The molecule has 0 spiro atoms. The van der Waals surface area contributed by atoms with Gasteiger partial charge in [-0.05, 0) is 48.2 Å². The van der Waals surface area contributed by atoms with Gasteiger partial charge in [-0.25, -0.2) is 4.98 Å². The first-order chi connectivity index (χ1) is 10.8. The highest BCUT2D eigenvalue weighted by molar-refractivity contribution is 9.10. The summed E-state index contributed by atoms with van der Waals surface area (Å²) >= 11 is 3.55. The number of benzene rings is 2. The van der Waals surface area contributed by atoms with E-state index in [4.69, 9.17) is 4.98 Å². The summed E-state index contributed by atoms with van der Waals surface area (Å²) in [6.45, 7) is 2.01. The molecule has 0 saturated carbocycles. The van der Waals surface area contributed by atoms with E-state index in [1.54, 1.807) is 0 Å². The van der Waals surface area contributed by atoms with Crippen molar-refractivity contribution in [2.24, 2.45) is 0 Å². The third kappa shape index (κ3) is 2.61. The van der Waals surface area contributed by atoms with Crippen LogP contribution in [-0.4, -0.2) is 11.5 Å². The van der Waals surface area contributed by atoms with Crippen LogP contribution in [0.1, 0.15) is 17.5 Å². The van der Waals surface area contributed by atoms with Crippen molar-refractivity contribution in [1.82, 2.24) is 4.98 Å². The maximum absolute atomic E-state index is 4.94. The Labute approximate surface area is 138 Å². The molecular weight excluding hydrogens is 336 g/mol. The Morgan fingerprint density at radius 1 is 1.05 bits per heavy atom. The predicted octanol–water partition coefficient (Wildman–Crippen LogP) is 4.95. The first kappa shape index (κ1) is 13.8. The molecule has 4 rings (SSSR count). The minimum Gasteiger partial charge on any atom is -0.352 e. The molecule has 2 heterocycles. The van der Waals surface area contributed by atoms with E-state index in [-0.39, 0.29) is 0 Å². The molecule has 0 saturated heterocycles. The molecule has 0 radical (unpaired) electrons. The summed E-state index contributed by atoms with van der Waals surface area (Å²) in [5, 5.41) is 1.22. The van der Waals surface area contributed by atoms with Crippen LogP contribution in [0.25, 0.3) is 10.9 Å². The lowest BCUT2D eigenvalue weighted by Crippen LogP contribution is -2.29. The smallest absolute Gasteiger partial charge is 0.132 e. The molecule has 1 aliphatic heterocycles. The molecule has 2 nitrogen and oxygen atoms in total. The summed E-state index contributed by atoms with van der Waals surface area (Å²) in [4.78, 5) is 7.35. The standard InChI is InChI=1S/C19H17BrN2/c20-17-8-9-18-16(12-17)11-15-7-4-10-22(19(15)21-18)13-14-5-2-1-3-6-14/h1-3,5-6,8-9,11-12H,4,7,10,13H2. The summed E-state index contributed by atoms with van der Waals surface area (Å²) in [5.41, 5.74) is 3.78. The predicted molar refractivity (Wildman–Crippen MR) is 95.3 cm³/mol. The molecule has 2 aromatic carbocycles. The van der Waals surface area contributed by atoms with Crippen LogP contribution in [0.3, 0.4) is 0 Å². The number of aryl methyl sites for hydroxylation is 1. The molecule has 0 aliphatic carbocycles. The number of rotatable bonds is 2. The highest BCUT2D eigenvalue weighted by Crippen LogP contribution is 2.30. The minimum absolute atomic E-state index is 0.933. The second-order valence-electron chi connectivity index (χ2n) is 5.82. The van der Waals surface area contributed by atoms with Gasteiger partial charge in [0, 0.05) is 22.9 Å². The van der Waals surface area contributed by atoms with Crippen molar-refractivity contribution in [3.05, 3.63) is 70.2 Å². The quantitative estimate of drug-likeness (QED) is 0.648. The Kier molecular flexibility index (Phi) is 3.59. The van der Waals surface area contributed by atoms with Crippen molar-refractivity contribution < 1.29 is 0 Å². The SMILES string of the molecule is Brc1ccc2nc3c(cc2c1)CCCN3Cc1ccccc1. The molecule has 110 valence electrons. The van der Waals surface area contributed by atoms with Gasteiger partial charge < -0.3 is 4.90 Å². The summed E-state index contributed by atoms with van der Waals surface area (Å²) in [6.07, 6.45) is 2.32. The number of hydrogen-bond donors (Lipinski definition) is 0. The molecular formula is C19H17BrN2. The first-order valence-corrected chi connectivity index (χ1v) is 8.47. The van der Waals surface area contributed by atoms with Crippen molar-refractivity contribution in [2.75, 3.05) is 11.4 Å². The van der Waals surface area contributed by atoms with Crippen LogP contribution in [0.2, 0.25) is 0 Å². The topological polar surface area (TPSA) is 16.1 Å². The van der Waals surface area contributed by atoms with Crippen molar-refractivity contribution in [3.8, 4) is 0 Å². The van der Waals surface area contributed by atoms with Gasteiger partial charge in [-0.1, -0.05) is 46.3 Å². The molecule has 1 aromatic heterocycles. The molecule has 3 heteroatoms. The van der Waals surface area contributed by atoms with E-state index in [0.29, 0.717) is 0 Å². The lowest BCUT2D eigenvalue weighted by Gasteiger charge is -2.30. The van der Waals surface area contributed by atoms with Crippen molar-refractivity contribution in [1.29, 1.82) is 0 Å². The van der Waals surface area contributed by atoms with Crippen LogP contribution in [0.15, 0.2) is 59.1 Å². The van der Waals surface area contributed by atoms with Crippen molar-refractivity contribution >= 4 is 32.7 Å². The average molecular weight is 353 g/mol. The monoisotopic (exact) mass is 352 g/mol. The molecule has 0 fully saturated rings. The fourth-order valence-electron chi connectivity index (χ4n) is 3.16. The second-order valence-corrected chi connectivity index (χ2v) is 6.73. The van der Waals surface area contributed by atoms with E-state index in [1.807, 2.05) is 0 Å². The number of fused-ring (bicyclic) bond motifs is 2. The lowest BCUT2D eigenvalue weighted by atomic mass is 10.0. The maximum Gasteiger partial charge on any atom is 0.132 e. The largest absolute Gasteiger partial charge is 0.352 e. The Morgan fingerprint density at radius 3 is 2.77 bits per heavy atom. The minimum atomic E-state index is 0.933. The zero-order valence-electron chi connectivity index (χ0n) is 12.3. The number of hydrogen-bond acceptors (Lipinski definition) is 2. The summed E-state index contributed by atoms with van der Waals surface area (Å²) in [7, 11) is 0. The molecule has 0 bridgehead atoms. The zero-order chi connectivity index (χ0) is 14.9. The van der Waals surface area contributed by atoms with E-state index in [0.717, 1.165) is 35.3 Å². The molecule has 3 aromatic rings. The number of anilines is 1. The highest BCUT2D eigenvalue weighted by atomic mass is 79.9. The van der Waals surface area contributed by atoms with Gasteiger partial charge in [0.1, 0.15) is 5.82 Å². The fourth-order valence-corrected chi connectivity index (χ4v) is 3.54. The van der Waals surface area contributed by atoms with Crippen molar-refractivity contribution in [3.63, 3.8) is 0 Å². The number of aromatic nitrogens is 1. The molecule has 0 unspecified atom stereocenters. The van der Waals surface area contributed by atoms with Gasteiger partial charge in [0.2, 0.25) is 0 Å². The summed E-state index contributed by atoms with van der Waals surface area (Å²) in [6, 6.07) is 19.3. The van der Waals surface area contributed by atoms with Crippen LogP contribution < -0.4 is 4.90 Å². The second kappa shape index (κ2) is 5.73. The maximum atomic E-state index is 4.94. The first-order valence-electron chi connectivity index (χ1n) is 7.68. The molecule has 1 aliphatic rings. The van der Waals surface area contributed by atoms with Gasteiger partial charge in [-0.3, -0.25) is 0 Å². The molecule has 0 N–H and O–H groups in total. The Hall–Kier alpha value is -1.87. The van der Waals surface area contributed by atoms with Gasteiger partial charge in [0.05, 0.1) is 5.52 Å². The van der Waals surface area contributed by atoms with E-state index in [1.165, 1.54) is 22.9 Å². The van der Waals surface area contributed by atoms with Gasteiger partial charge in [-0.15, -0.1) is 0 Å². The van der Waals surface area contributed by atoms with E-state index < -0.39 is 0 Å². The van der Waals surface area contributed by atoms with Gasteiger partial charge in [0.25, 0.3) is 0 Å².